The smallest absolute Gasteiger partial charge is 0.250 e. The summed E-state index contributed by atoms with van der Waals surface area (Å²) in [6.07, 6.45) is 0. The molecule has 1 amide bonds. The molecule has 1 atom stereocenters. The van der Waals surface area contributed by atoms with Crippen molar-refractivity contribution in [1.82, 2.24) is 0 Å². The third-order valence-electron chi connectivity index (χ3n) is 3.41. The Labute approximate surface area is 161 Å². The third kappa shape index (κ3) is 4.04. The number of benzene rings is 2. The van der Waals surface area contributed by atoms with Crippen LogP contribution >= 0.6 is 34.5 Å². The van der Waals surface area contributed by atoms with E-state index in [1.807, 2.05) is 18.2 Å². The number of carbonyl (C=O) groups excluding carboxylic acids is 1. The Morgan fingerprint density at radius 3 is 2.36 bits per heavy atom. The Morgan fingerprint density at radius 2 is 1.76 bits per heavy atom. The third-order valence-corrected chi connectivity index (χ3v) is 6.28. The molecule has 3 aromatic rings. The number of thiophene rings is 1. The second-order valence-corrected chi connectivity index (χ2v) is 8.62. The maximum atomic E-state index is 12.6. The summed E-state index contributed by atoms with van der Waals surface area (Å²) in [6.45, 7) is 0. The molecule has 3 N–H and O–H groups in total. The number of carbonyl (C=O) groups is 1. The first kappa shape index (κ1) is 17.9. The molecule has 0 saturated carbocycles. The second kappa shape index (κ2) is 7.58. The molecule has 4 nitrogen and oxygen atoms in total. The number of hydrogen-bond donors (Lipinski definition) is 2. The van der Waals surface area contributed by atoms with Gasteiger partial charge in [0.2, 0.25) is 0 Å². The summed E-state index contributed by atoms with van der Waals surface area (Å²) in [4.78, 5) is 11.8. The molecule has 1 unspecified atom stereocenters. The van der Waals surface area contributed by atoms with Crippen molar-refractivity contribution in [2.75, 3.05) is 4.72 Å². The average Bonchev–Trinajstić information content (AvgIpc) is 3.02. The summed E-state index contributed by atoms with van der Waals surface area (Å²) in [5, 5.41) is 0.598. The van der Waals surface area contributed by atoms with Crippen LogP contribution < -0.4 is 10.5 Å². The van der Waals surface area contributed by atoms with E-state index in [1.165, 1.54) is 11.3 Å². The highest BCUT2D eigenvalue weighted by molar-refractivity contribution is 7.88. The number of nitrogens with one attached hydrogen (secondary N) is 1. The molecule has 128 valence electrons. The van der Waals surface area contributed by atoms with E-state index in [0.29, 0.717) is 24.8 Å². The van der Waals surface area contributed by atoms with Gasteiger partial charge in [-0.1, -0.05) is 47.5 Å². The van der Waals surface area contributed by atoms with Gasteiger partial charge in [0.15, 0.2) is 11.0 Å². The molecule has 1 aromatic heterocycles. The van der Waals surface area contributed by atoms with Gasteiger partial charge >= 0.3 is 0 Å². The summed E-state index contributed by atoms with van der Waals surface area (Å²) in [5.41, 5.74) is 7.66. The van der Waals surface area contributed by atoms with Gasteiger partial charge in [-0.3, -0.25) is 9.52 Å². The number of anilines is 1. The van der Waals surface area contributed by atoms with Gasteiger partial charge in [-0.25, -0.2) is 4.21 Å². The standard InChI is InChI=1S/C17H12Cl2N2O2S2/c18-11-6-4-10(5-7-11)12-2-1-3-13(17(20)22)16(12)21-25(23)15-9-8-14(19)24-15/h1-9,21H,(H2,20,22). The van der Waals surface area contributed by atoms with Gasteiger partial charge in [-0.05, 0) is 35.9 Å². The Hall–Kier alpha value is -1.86. The second-order valence-electron chi connectivity index (χ2n) is 5.03. The molecule has 3 rings (SSSR count). The zero-order chi connectivity index (χ0) is 18.0. The predicted octanol–water partition coefficient (Wildman–Crippen LogP) is 4.96. The largest absolute Gasteiger partial charge is 0.366 e. The monoisotopic (exact) mass is 410 g/mol. The maximum Gasteiger partial charge on any atom is 0.250 e. The molecular weight excluding hydrogens is 399 g/mol. The number of para-hydroxylation sites is 1. The van der Waals surface area contributed by atoms with Crippen LogP contribution in [0.3, 0.4) is 0 Å². The van der Waals surface area contributed by atoms with E-state index >= 15 is 0 Å². The lowest BCUT2D eigenvalue weighted by molar-refractivity contribution is 0.100. The number of nitrogens with two attached hydrogens (primary N) is 1. The van der Waals surface area contributed by atoms with Crippen molar-refractivity contribution in [3.8, 4) is 11.1 Å². The molecule has 0 spiro atoms. The number of amides is 1. The highest BCUT2D eigenvalue weighted by atomic mass is 35.5. The molecule has 0 fully saturated rings. The van der Waals surface area contributed by atoms with Crippen LogP contribution in [0.5, 0.6) is 0 Å². The first-order valence-electron chi connectivity index (χ1n) is 7.08. The van der Waals surface area contributed by atoms with Crippen LogP contribution in [0.1, 0.15) is 10.4 Å². The van der Waals surface area contributed by atoms with E-state index in [9.17, 15) is 9.00 Å². The average molecular weight is 411 g/mol. The minimum atomic E-state index is -1.58. The highest BCUT2D eigenvalue weighted by Crippen LogP contribution is 2.34. The van der Waals surface area contributed by atoms with Gasteiger partial charge in [0.1, 0.15) is 4.21 Å². The molecular formula is C17H12Cl2N2O2S2. The number of primary amides is 1. The van der Waals surface area contributed by atoms with Crippen molar-refractivity contribution in [2.45, 2.75) is 4.21 Å². The zero-order valence-corrected chi connectivity index (χ0v) is 15.8. The summed E-state index contributed by atoms with van der Waals surface area (Å²) in [6, 6.07) is 15.6. The van der Waals surface area contributed by atoms with Crippen molar-refractivity contribution in [1.29, 1.82) is 0 Å². The summed E-state index contributed by atoms with van der Waals surface area (Å²) in [5.74, 6) is -0.612. The first-order chi connectivity index (χ1) is 12.0. The SMILES string of the molecule is NC(=O)c1cccc(-c2ccc(Cl)cc2)c1NS(=O)c1ccc(Cl)s1. The summed E-state index contributed by atoms with van der Waals surface area (Å²) < 4.78 is 16.6. The van der Waals surface area contributed by atoms with Gasteiger partial charge in [-0.2, -0.15) is 0 Å². The molecule has 8 heteroatoms. The summed E-state index contributed by atoms with van der Waals surface area (Å²) >= 11 is 13.0. The van der Waals surface area contributed by atoms with E-state index in [2.05, 4.69) is 4.72 Å². The quantitative estimate of drug-likeness (QED) is 0.623. The Morgan fingerprint density at radius 1 is 1.04 bits per heavy atom. The van der Waals surface area contributed by atoms with Crippen LogP contribution in [-0.4, -0.2) is 10.1 Å². The molecule has 0 aliphatic carbocycles. The molecule has 0 bridgehead atoms. The Kier molecular flexibility index (Phi) is 5.44. The molecule has 1 heterocycles. The van der Waals surface area contributed by atoms with E-state index < -0.39 is 16.9 Å². The van der Waals surface area contributed by atoms with Gasteiger partial charge in [-0.15, -0.1) is 11.3 Å². The van der Waals surface area contributed by atoms with Crippen molar-refractivity contribution in [3.05, 3.63) is 69.5 Å². The molecule has 0 radical (unpaired) electrons. The van der Waals surface area contributed by atoms with Crippen LogP contribution in [-0.2, 0) is 11.0 Å². The lowest BCUT2D eigenvalue weighted by Crippen LogP contribution is -2.16. The number of hydrogen-bond acceptors (Lipinski definition) is 3. The summed E-state index contributed by atoms with van der Waals surface area (Å²) in [7, 11) is -1.58. The molecule has 25 heavy (non-hydrogen) atoms. The van der Waals surface area contributed by atoms with Gasteiger partial charge in [0.05, 0.1) is 15.6 Å². The van der Waals surface area contributed by atoms with Crippen LogP contribution in [0, 0.1) is 0 Å². The lowest BCUT2D eigenvalue weighted by Gasteiger charge is -2.14. The topological polar surface area (TPSA) is 72.2 Å². The Bertz CT molecular complexity index is 956. The molecule has 0 aliphatic heterocycles. The maximum absolute atomic E-state index is 12.6. The highest BCUT2D eigenvalue weighted by Gasteiger charge is 2.17. The lowest BCUT2D eigenvalue weighted by atomic mass is 10.00. The fourth-order valence-corrected chi connectivity index (χ4v) is 4.71. The van der Waals surface area contributed by atoms with Crippen molar-refractivity contribution < 1.29 is 9.00 Å². The number of rotatable bonds is 5. The van der Waals surface area contributed by atoms with E-state index in [-0.39, 0.29) is 5.56 Å². The van der Waals surface area contributed by atoms with Gasteiger partial charge < -0.3 is 5.73 Å². The zero-order valence-electron chi connectivity index (χ0n) is 12.7. The van der Waals surface area contributed by atoms with E-state index in [0.717, 1.165) is 5.56 Å². The molecule has 2 aromatic carbocycles. The normalized spacial score (nSPS) is 11.9. The van der Waals surface area contributed by atoms with Gasteiger partial charge in [0, 0.05) is 10.6 Å². The van der Waals surface area contributed by atoms with Gasteiger partial charge in [0.25, 0.3) is 5.91 Å². The Balaban J connectivity index is 2.07. The van der Waals surface area contributed by atoms with Crippen molar-refractivity contribution >= 4 is 57.1 Å². The minimum absolute atomic E-state index is 0.253. The van der Waals surface area contributed by atoms with E-state index in [4.69, 9.17) is 28.9 Å². The fourth-order valence-electron chi connectivity index (χ4n) is 2.28. The fraction of sp³-hybridized carbons (Fsp3) is 0. The van der Waals surface area contributed by atoms with Crippen LogP contribution in [0.25, 0.3) is 11.1 Å². The van der Waals surface area contributed by atoms with Crippen molar-refractivity contribution in [3.63, 3.8) is 0 Å². The predicted molar refractivity (Wildman–Crippen MR) is 105 cm³/mol. The van der Waals surface area contributed by atoms with Crippen LogP contribution in [0.15, 0.2) is 58.8 Å². The molecule has 0 saturated heterocycles. The minimum Gasteiger partial charge on any atom is -0.366 e. The molecule has 0 aliphatic rings. The van der Waals surface area contributed by atoms with Crippen LogP contribution in [0.4, 0.5) is 5.69 Å². The number of halogens is 2. The van der Waals surface area contributed by atoms with Crippen LogP contribution in [0.2, 0.25) is 9.36 Å². The van der Waals surface area contributed by atoms with Crippen molar-refractivity contribution in [2.24, 2.45) is 5.73 Å². The first-order valence-corrected chi connectivity index (χ1v) is 9.80. The van der Waals surface area contributed by atoms with E-state index in [1.54, 1.807) is 36.4 Å².